The van der Waals surface area contributed by atoms with E-state index >= 15 is 0 Å². The highest BCUT2D eigenvalue weighted by Crippen LogP contribution is 2.50. The molecule has 0 aliphatic heterocycles. The Labute approximate surface area is 239 Å². The largest absolute Gasteiger partial charge is 0.142 e. The van der Waals surface area contributed by atoms with E-state index in [0.717, 1.165) is 0 Å². The zero-order valence-electron chi connectivity index (χ0n) is 21.5. The second-order valence-electron chi connectivity index (χ2n) is 10.4. The van der Waals surface area contributed by atoms with E-state index in [1.807, 2.05) is 22.7 Å². The molecule has 0 saturated heterocycles. The van der Waals surface area contributed by atoms with Crippen LogP contribution in [0, 0.1) is 0 Å². The van der Waals surface area contributed by atoms with Crippen LogP contribution >= 0.6 is 22.7 Å². The molecular weight excluding hydrogens is 521 g/mol. The fraction of sp³-hybridized carbons (Fsp3) is 0. The van der Waals surface area contributed by atoms with E-state index in [1.54, 1.807) is 0 Å². The monoisotopic (exact) mass is 542 g/mol. The third-order valence-electron chi connectivity index (χ3n) is 8.34. The third-order valence-corrected chi connectivity index (χ3v) is 10.6. The summed E-state index contributed by atoms with van der Waals surface area (Å²) in [5.74, 6) is 0. The predicted octanol–water partition coefficient (Wildman–Crippen LogP) is 12.1. The molecular formula is C38H22S2. The van der Waals surface area contributed by atoms with Crippen molar-refractivity contribution in [2.75, 3.05) is 0 Å². The zero-order valence-corrected chi connectivity index (χ0v) is 23.2. The van der Waals surface area contributed by atoms with Crippen LogP contribution in [-0.4, -0.2) is 0 Å². The molecule has 0 saturated carbocycles. The van der Waals surface area contributed by atoms with Crippen LogP contribution in [0.15, 0.2) is 133 Å². The number of hydrogen-bond acceptors (Lipinski definition) is 2. The Morgan fingerprint density at radius 2 is 0.950 bits per heavy atom. The number of fused-ring (bicyclic) bond motifs is 8. The molecule has 2 heteroatoms. The summed E-state index contributed by atoms with van der Waals surface area (Å²) in [4.78, 5) is 0. The average molecular weight is 543 g/mol. The van der Waals surface area contributed by atoms with Gasteiger partial charge in [-0.3, -0.25) is 0 Å². The summed E-state index contributed by atoms with van der Waals surface area (Å²) in [7, 11) is 0. The van der Waals surface area contributed by atoms with Gasteiger partial charge in [0.2, 0.25) is 0 Å². The maximum Gasteiger partial charge on any atom is 0.0534 e. The van der Waals surface area contributed by atoms with Gasteiger partial charge in [0.05, 0.1) is 9.40 Å². The maximum atomic E-state index is 2.47. The van der Waals surface area contributed by atoms with Gasteiger partial charge in [-0.25, -0.2) is 0 Å². The fourth-order valence-electron chi connectivity index (χ4n) is 6.66. The molecule has 2 heterocycles. The van der Waals surface area contributed by atoms with Crippen molar-refractivity contribution in [3.8, 4) is 22.3 Å². The molecule has 40 heavy (non-hydrogen) atoms. The summed E-state index contributed by atoms with van der Waals surface area (Å²) in [6.07, 6.45) is 0. The number of rotatable bonds is 2. The van der Waals surface area contributed by atoms with Gasteiger partial charge in [-0.05, 0) is 78.2 Å². The van der Waals surface area contributed by atoms with Crippen LogP contribution in [0.2, 0.25) is 0 Å². The van der Waals surface area contributed by atoms with E-state index in [9.17, 15) is 0 Å². The number of benzene rings is 7. The van der Waals surface area contributed by atoms with Crippen LogP contribution in [0.25, 0.3) is 84.8 Å². The highest BCUT2D eigenvalue weighted by Gasteiger charge is 2.21. The minimum Gasteiger partial charge on any atom is -0.142 e. The van der Waals surface area contributed by atoms with Crippen LogP contribution in [0.5, 0.6) is 0 Å². The summed E-state index contributed by atoms with van der Waals surface area (Å²) >= 11 is 3.78. The molecule has 9 aromatic rings. The molecule has 0 aliphatic carbocycles. The van der Waals surface area contributed by atoms with Gasteiger partial charge in [0.1, 0.15) is 0 Å². The lowest BCUT2D eigenvalue weighted by Crippen LogP contribution is -1.92. The molecule has 9 rings (SSSR count). The van der Waals surface area contributed by atoms with Crippen LogP contribution in [-0.2, 0) is 0 Å². The van der Waals surface area contributed by atoms with Gasteiger partial charge >= 0.3 is 0 Å². The topological polar surface area (TPSA) is 0 Å². The van der Waals surface area contributed by atoms with E-state index in [0.29, 0.717) is 0 Å². The Kier molecular flexibility index (Phi) is 4.74. The lowest BCUT2D eigenvalue weighted by Gasteiger charge is -2.19. The Balaban J connectivity index is 1.49. The summed E-state index contributed by atoms with van der Waals surface area (Å²) in [6.45, 7) is 0. The summed E-state index contributed by atoms with van der Waals surface area (Å²) in [5, 5.41) is 14.1. The van der Waals surface area contributed by atoms with Crippen LogP contribution in [0.3, 0.4) is 0 Å². The molecule has 2 aromatic heterocycles. The van der Waals surface area contributed by atoms with Gasteiger partial charge in [0, 0.05) is 20.9 Å². The fourth-order valence-corrected chi connectivity index (χ4v) is 8.92. The van der Waals surface area contributed by atoms with Crippen molar-refractivity contribution in [3.05, 3.63) is 133 Å². The van der Waals surface area contributed by atoms with Crippen molar-refractivity contribution >= 4 is 85.2 Å². The van der Waals surface area contributed by atoms with Gasteiger partial charge in [-0.2, -0.15) is 0 Å². The minimum absolute atomic E-state index is 1.27. The quantitative estimate of drug-likeness (QED) is 0.191. The first-order valence-electron chi connectivity index (χ1n) is 13.6. The maximum absolute atomic E-state index is 2.47. The summed E-state index contributed by atoms with van der Waals surface area (Å²) < 4.78 is 4.14. The predicted molar refractivity (Wildman–Crippen MR) is 178 cm³/mol. The summed E-state index contributed by atoms with van der Waals surface area (Å²) in [6, 6.07) is 47.1. The van der Waals surface area contributed by atoms with Gasteiger partial charge < -0.3 is 0 Å². The molecule has 0 atom stereocenters. The highest BCUT2D eigenvalue weighted by molar-refractivity contribution is 7.30. The normalized spacial score (nSPS) is 12.0. The van der Waals surface area contributed by atoms with Crippen molar-refractivity contribution in [1.82, 2.24) is 0 Å². The molecule has 0 spiro atoms. The van der Waals surface area contributed by atoms with E-state index in [4.69, 9.17) is 0 Å². The lowest BCUT2D eigenvalue weighted by atomic mass is 9.84. The standard InChI is InChI=1S/C38H22S2/c1-2-12-24-23(10-1)11-9-18-26(24)35-27-14-3-5-16-29(27)36(30-17-6-4-15-28(30)35)32-22-33-25-13-7-8-19-34(25)40-38(33)37-31(32)20-21-39-37/h1-22H. The second kappa shape index (κ2) is 8.50. The minimum atomic E-state index is 1.27. The van der Waals surface area contributed by atoms with Gasteiger partial charge in [-0.15, -0.1) is 22.7 Å². The lowest BCUT2D eigenvalue weighted by molar-refractivity contribution is 1.70. The summed E-state index contributed by atoms with van der Waals surface area (Å²) in [5.41, 5.74) is 5.26. The van der Waals surface area contributed by atoms with E-state index < -0.39 is 0 Å². The van der Waals surface area contributed by atoms with Crippen molar-refractivity contribution in [3.63, 3.8) is 0 Å². The molecule has 0 bridgehead atoms. The van der Waals surface area contributed by atoms with Crippen LogP contribution in [0.1, 0.15) is 0 Å². The molecule has 0 aliphatic rings. The molecule has 0 N–H and O–H groups in total. The molecule has 0 fully saturated rings. The Morgan fingerprint density at radius 1 is 0.375 bits per heavy atom. The van der Waals surface area contributed by atoms with Crippen molar-refractivity contribution in [2.24, 2.45) is 0 Å². The smallest absolute Gasteiger partial charge is 0.0534 e. The van der Waals surface area contributed by atoms with E-state index in [1.165, 1.54) is 84.8 Å². The van der Waals surface area contributed by atoms with Gasteiger partial charge in [0.25, 0.3) is 0 Å². The second-order valence-corrected chi connectivity index (χ2v) is 12.4. The molecule has 186 valence electrons. The first kappa shape index (κ1) is 22.3. The molecule has 7 aromatic carbocycles. The van der Waals surface area contributed by atoms with E-state index in [2.05, 4.69) is 133 Å². The Morgan fingerprint density at radius 3 is 1.68 bits per heavy atom. The zero-order chi connectivity index (χ0) is 26.2. The molecule has 0 nitrogen and oxygen atoms in total. The number of thiophene rings is 2. The van der Waals surface area contributed by atoms with Crippen LogP contribution in [0.4, 0.5) is 0 Å². The number of hydrogen-bond donors (Lipinski definition) is 0. The van der Waals surface area contributed by atoms with Crippen LogP contribution < -0.4 is 0 Å². The third kappa shape index (κ3) is 3.06. The Hall–Kier alpha value is -4.50. The van der Waals surface area contributed by atoms with Gasteiger partial charge in [-0.1, -0.05) is 109 Å². The Bertz CT molecular complexity index is 2370. The SMILES string of the molecule is c1ccc2c(-c3c4ccccc4c(-c4cc5c6ccccc6sc5c5sccc45)c4ccccc34)cccc2c1. The highest BCUT2D eigenvalue weighted by atomic mass is 32.1. The van der Waals surface area contributed by atoms with E-state index in [-0.39, 0.29) is 0 Å². The molecule has 0 unspecified atom stereocenters. The van der Waals surface area contributed by atoms with Crippen molar-refractivity contribution in [1.29, 1.82) is 0 Å². The first-order valence-corrected chi connectivity index (χ1v) is 15.3. The molecule has 0 amide bonds. The van der Waals surface area contributed by atoms with Gasteiger partial charge in [0.15, 0.2) is 0 Å². The molecule has 0 radical (unpaired) electrons. The van der Waals surface area contributed by atoms with Crippen molar-refractivity contribution in [2.45, 2.75) is 0 Å². The average Bonchev–Trinajstić information content (AvgIpc) is 3.65. The first-order chi connectivity index (χ1) is 19.9. The van der Waals surface area contributed by atoms with Crippen molar-refractivity contribution < 1.29 is 0 Å².